The van der Waals surface area contributed by atoms with Gasteiger partial charge in [-0.3, -0.25) is 0 Å². The Kier molecular flexibility index (Phi) is 10.6. The first-order valence-electron chi connectivity index (χ1n) is 12.1. The zero-order chi connectivity index (χ0) is 24.9. The van der Waals surface area contributed by atoms with Gasteiger partial charge in [0.1, 0.15) is 23.2 Å². The topological polar surface area (TPSA) is 83.2 Å². The molecule has 0 saturated carbocycles. The molecule has 0 fully saturated rings. The smallest absolute Gasteiger partial charge is 0.143 e. The minimum atomic E-state index is -0.934. The van der Waals surface area contributed by atoms with E-state index in [1.54, 1.807) is 14.2 Å². The molecule has 0 aromatic heterocycles. The van der Waals surface area contributed by atoms with E-state index in [-0.39, 0.29) is 13.2 Å². The highest BCUT2D eigenvalue weighted by atomic mass is 16.5. The molecular weight excluding hydrogens is 442 g/mol. The molecule has 0 amide bonds. The van der Waals surface area contributed by atoms with Crippen LogP contribution in [0, 0.1) is 0 Å². The Balaban J connectivity index is 1.99. The molecule has 3 aromatic carbocycles. The Labute approximate surface area is 208 Å². The molecule has 1 atom stereocenters. The van der Waals surface area contributed by atoms with Crippen molar-refractivity contribution in [1.82, 2.24) is 0 Å². The third-order valence-electron chi connectivity index (χ3n) is 6.06. The minimum absolute atomic E-state index is 0.132. The predicted molar refractivity (Wildman–Crippen MR) is 138 cm³/mol. The molecular formula is C29H37NO5. The van der Waals surface area contributed by atoms with E-state index < -0.39 is 11.7 Å². The van der Waals surface area contributed by atoms with Gasteiger partial charge in [-0.25, -0.2) is 0 Å². The second kappa shape index (κ2) is 13.9. The van der Waals surface area contributed by atoms with Crippen LogP contribution in [0.2, 0.25) is 0 Å². The highest BCUT2D eigenvalue weighted by Crippen LogP contribution is 2.41. The van der Waals surface area contributed by atoms with Gasteiger partial charge in [-0.05, 0) is 66.8 Å². The van der Waals surface area contributed by atoms with Crippen molar-refractivity contribution in [2.24, 2.45) is 5.73 Å². The molecule has 3 N–H and O–H groups in total. The van der Waals surface area contributed by atoms with Crippen molar-refractivity contribution in [1.29, 1.82) is 0 Å². The average Bonchev–Trinajstić information content (AvgIpc) is 2.93. The molecule has 6 heteroatoms. The standard InChI is InChI=1S/C29H37NO5/c1-32-26-15-11-24(12-16-26)29(23-9-5-3-6-10-23,25-13-17-27(33-2)18-14-25)35-22-28(21-31)34-20-8-4-7-19-30/h3,5-6,9-18,28,31H,4,7-8,19-22,30H2,1-2H3. The fraction of sp³-hybridized carbons (Fsp3) is 0.379. The van der Waals surface area contributed by atoms with Crippen LogP contribution in [-0.4, -0.2) is 51.8 Å². The van der Waals surface area contributed by atoms with Crippen LogP contribution in [0.5, 0.6) is 11.5 Å². The monoisotopic (exact) mass is 479 g/mol. The number of hydrogen-bond donors (Lipinski definition) is 2. The van der Waals surface area contributed by atoms with Crippen LogP contribution in [0.25, 0.3) is 0 Å². The van der Waals surface area contributed by atoms with Crippen LogP contribution in [0.3, 0.4) is 0 Å². The fourth-order valence-electron chi connectivity index (χ4n) is 4.12. The molecule has 188 valence electrons. The van der Waals surface area contributed by atoms with Crippen LogP contribution in [0.4, 0.5) is 0 Å². The van der Waals surface area contributed by atoms with Crippen molar-refractivity contribution in [3.05, 3.63) is 95.6 Å². The summed E-state index contributed by atoms with van der Waals surface area (Å²) in [5, 5.41) is 10.0. The molecule has 1 unspecified atom stereocenters. The lowest BCUT2D eigenvalue weighted by molar-refractivity contribution is -0.0813. The SMILES string of the molecule is COc1ccc(C(OCC(CO)OCCCCCN)(c2ccccc2)c2ccc(OC)cc2)cc1. The molecule has 0 aliphatic carbocycles. The number of rotatable bonds is 15. The van der Waals surface area contributed by atoms with Crippen LogP contribution >= 0.6 is 0 Å². The van der Waals surface area contributed by atoms with Gasteiger partial charge in [0.15, 0.2) is 0 Å². The van der Waals surface area contributed by atoms with E-state index in [0.717, 1.165) is 47.5 Å². The van der Waals surface area contributed by atoms with Crippen molar-refractivity contribution in [2.75, 3.05) is 40.6 Å². The molecule has 0 saturated heterocycles. The lowest BCUT2D eigenvalue weighted by Gasteiger charge is -2.37. The number of nitrogens with two attached hydrogens (primary N) is 1. The molecule has 0 radical (unpaired) electrons. The van der Waals surface area contributed by atoms with Gasteiger partial charge in [0, 0.05) is 6.61 Å². The van der Waals surface area contributed by atoms with E-state index in [4.69, 9.17) is 24.7 Å². The maximum absolute atomic E-state index is 10.0. The molecule has 3 rings (SSSR count). The zero-order valence-electron chi connectivity index (χ0n) is 20.7. The highest BCUT2D eigenvalue weighted by Gasteiger charge is 2.38. The summed E-state index contributed by atoms with van der Waals surface area (Å²) in [6.07, 6.45) is 2.41. The third-order valence-corrected chi connectivity index (χ3v) is 6.06. The van der Waals surface area contributed by atoms with E-state index in [0.29, 0.717) is 13.2 Å². The Morgan fingerprint density at radius 2 is 1.29 bits per heavy atom. The normalized spacial score (nSPS) is 12.3. The Morgan fingerprint density at radius 1 is 0.743 bits per heavy atom. The van der Waals surface area contributed by atoms with Crippen molar-refractivity contribution >= 4 is 0 Å². The maximum Gasteiger partial charge on any atom is 0.143 e. The van der Waals surface area contributed by atoms with Gasteiger partial charge >= 0.3 is 0 Å². The summed E-state index contributed by atoms with van der Waals surface area (Å²) >= 11 is 0. The molecule has 0 heterocycles. The molecule has 6 nitrogen and oxygen atoms in total. The van der Waals surface area contributed by atoms with E-state index in [2.05, 4.69) is 12.1 Å². The van der Waals surface area contributed by atoms with Crippen LogP contribution in [0.1, 0.15) is 36.0 Å². The number of ether oxygens (including phenoxy) is 4. The molecule has 0 aliphatic rings. The van der Waals surface area contributed by atoms with Gasteiger partial charge < -0.3 is 29.8 Å². The number of unbranched alkanes of at least 4 members (excludes halogenated alkanes) is 2. The first-order chi connectivity index (χ1) is 17.2. The summed E-state index contributed by atoms with van der Waals surface area (Å²) in [4.78, 5) is 0. The Bertz CT molecular complexity index is 929. The van der Waals surface area contributed by atoms with Crippen LogP contribution in [0.15, 0.2) is 78.9 Å². The van der Waals surface area contributed by atoms with Crippen molar-refractivity contribution < 1.29 is 24.1 Å². The fourth-order valence-corrected chi connectivity index (χ4v) is 4.12. The van der Waals surface area contributed by atoms with Crippen LogP contribution < -0.4 is 15.2 Å². The van der Waals surface area contributed by atoms with Crippen molar-refractivity contribution in [3.63, 3.8) is 0 Å². The second-order valence-corrected chi connectivity index (χ2v) is 8.34. The quantitative estimate of drug-likeness (QED) is 0.246. The number of aliphatic hydroxyl groups is 1. The molecule has 0 aliphatic heterocycles. The summed E-state index contributed by atoms with van der Waals surface area (Å²) < 4.78 is 23.5. The largest absolute Gasteiger partial charge is 0.497 e. The molecule has 0 spiro atoms. The predicted octanol–water partition coefficient (Wildman–Crippen LogP) is 4.52. The Hall–Kier alpha value is -2.90. The number of aliphatic hydroxyl groups excluding tert-OH is 1. The first kappa shape index (κ1) is 26.7. The number of hydrogen-bond acceptors (Lipinski definition) is 6. The zero-order valence-corrected chi connectivity index (χ0v) is 20.7. The summed E-state index contributed by atoms with van der Waals surface area (Å²) in [5.41, 5.74) is 7.49. The van der Waals surface area contributed by atoms with Crippen LogP contribution in [-0.2, 0) is 15.1 Å². The van der Waals surface area contributed by atoms with Gasteiger partial charge in [0.25, 0.3) is 0 Å². The van der Waals surface area contributed by atoms with Gasteiger partial charge in [0.05, 0.1) is 27.4 Å². The number of methoxy groups -OCH3 is 2. The van der Waals surface area contributed by atoms with E-state index in [9.17, 15) is 5.11 Å². The molecule has 3 aromatic rings. The van der Waals surface area contributed by atoms with Crippen molar-refractivity contribution in [3.8, 4) is 11.5 Å². The third kappa shape index (κ3) is 6.83. The number of benzene rings is 3. The van der Waals surface area contributed by atoms with E-state index in [1.807, 2.05) is 66.7 Å². The highest BCUT2D eigenvalue weighted by molar-refractivity contribution is 5.49. The van der Waals surface area contributed by atoms with Gasteiger partial charge in [-0.2, -0.15) is 0 Å². The van der Waals surface area contributed by atoms with Gasteiger partial charge in [0.2, 0.25) is 0 Å². The van der Waals surface area contributed by atoms with E-state index >= 15 is 0 Å². The summed E-state index contributed by atoms with van der Waals surface area (Å²) in [6, 6.07) is 25.8. The minimum Gasteiger partial charge on any atom is -0.497 e. The lowest BCUT2D eigenvalue weighted by Crippen LogP contribution is -2.37. The summed E-state index contributed by atoms with van der Waals surface area (Å²) in [5.74, 6) is 1.53. The first-order valence-corrected chi connectivity index (χ1v) is 12.1. The van der Waals surface area contributed by atoms with Crippen molar-refractivity contribution in [2.45, 2.75) is 31.0 Å². The average molecular weight is 480 g/mol. The van der Waals surface area contributed by atoms with Gasteiger partial charge in [-0.1, -0.05) is 54.6 Å². The maximum atomic E-state index is 10.0. The molecule has 0 bridgehead atoms. The lowest BCUT2D eigenvalue weighted by atomic mass is 9.80. The summed E-state index contributed by atoms with van der Waals surface area (Å²) in [7, 11) is 3.30. The second-order valence-electron chi connectivity index (χ2n) is 8.34. The van der Waals surface area contributed by atoms with Gasteiger partial charge in [-0.15, -0.1) is 0 Å². The van der Waals surface area contributed by atoms with E-state index in [1.165, 1.54) is 0 Å². The Morgan fingerprint density at radius 3 is 1.77 bits per heavy atom. The molecule has 35 heavy (non-hydrogen) atoms. The summed E-state index contributed by atoms with van der Waals surface area (Å²) in [6.45, 7) is 1.31.